The lowest BCUT2D eigenvalue weighted by Gasteiger charge is -2.33. The fourth-order valence-electron chi connectivity index (χ4n) is 4.07. The van der Waals surface area contributed by atoms with Gasteiger partial charge in [-0.05, 0) is 57.4 Å². The molecule has 1 fully saturated rings. The first-order valence-corrected chi connectivity index (χ1v) is 12.1. The summed E-state index contributed by atoms with van der Waals surface area (Å²) >= 11 is 0. The van der Waals surface area contributed by atoms with E-state index in [0.717, 1.165) is 51.5 Å². The SMILES string of the molecule is CCNC(=NCc1ccccc1CN(C)C(C)C)NC1CCN(Cc2ccccc2)CC1. The third-order valence-corrected chi connectivity index (χ3v) is 6.35. The zero-order valence-electron chi connectivity index (χ0n) is 20.3. The third-order valence-electron chi connectivity index (χ3n) is 6.35. The van der Waals surface area contributed by atoms with Gasteiger partial charge in [-0.2, -0.15) is 0 Å². The largest absolute Gasteiger partial charge is 0.357 e. The molecule has 1 heterocycles. The van der Waals surface area contributed by atoms with Crippen molar-refractivity contribution in [2.75, 3.05) is 26.7 Å². The van der Waals surface area contributed by atoms with Crippen molar-refractivity contribution in [1.29, 1.82) is 0 Å². The summed E-state index contributed by atoms with van der Waals surface area (Å²) in [7, 11) is 2.18. The smallest absolute Gasteiger partial charge is 0.191 e. The molecule has 2 N–H and O–H groups in total. The van der Waals surface area contributed by atoms with Gasteiger partial charge in [-0.25, -0.2) is 4.99 Å². The highest BCUT2D eigenvalue weighted by molar-refractivity contribution is 5.80. The number of hydrogen-bond donors (Lipinski definition) is 2. The molecular formula is C27H41N5. The molecule has 5 heteroatoms. The van der Waals surface area contributed by atoms with Crippen LogP contribution in [0.5, 0.6) is 0 Å². The second-order valence-corrected chi connectivity index (χ2v) is 9.15. The molecule has 1 aliphatic heterocycles. The number of benzene rings is 2. The molecule has 174 valence electrons. The van der Waals surface area contributed by atoms with E-state index in [2.05, 4.69) is 103 Å². The molecule has 32 heavy (non-hydrogen) atoms. The quantitative estimate of drug-likeness (QED) is 0.457. The van der Waals surface area contributed by atoms with E-state index in [-0.39, 0.29) is 0 Å². The topological polar surface area (TPSA) is 42.9 Å². The van der Waals surface area contributed by atoms with Crippen LogP contribution in [-0.2, 0) is 19.6 Å². The fourth-order valence-corrected chi connectivity index (χ4v) is 4.07. The molecule has 0 saturated carbocycles. The second-order valence-electron chi connectivity index (χ2n) is 9.15. The molecule has 1 aliphatic rings. The van der Waals surface area contributed by atoms with E-state index < -0.39 is 0 Å². The second kappa shape index (κ2) is 12.6. The molecule has 0 unspecified atom stereocenters. The van der Waals surface area contributed by atoms with Crippen LogP contribution in [0.4, 0.5) is 0 Å². The van der Waals surface area contributed by atoms with Gasteiger partial charge < -0.3 is 10.6 Å². The van der Waals surface area contributed by atoms with E-state index in [1.165, 1.54) is 16.7 Å². The fraction of sp³-hybridized carbons (Fsp3) is 0.519. The Morgan fingerprint density at radius 1 is 1.03 bits per heavy atom. The highest BCUT2D eigenvalue weighted by Crippen LogP contribution is 2.15. The number of nitrogens with one attached hydrogen (secondary N) is 2. The first-order chi connectivity index (χ1) is 15.5. The first-order valence-electron chi connectivity index (χ1n) is 12.1. The van der Waals surface area contributed by atoms with Crippen molar-refractivity contribution in [1.82, 2.24) is 20.4 Å². The van der Waals surface area contributed by atoms with Gasteiger partial charge in [0.15, 0.2) is 5.96 Å². The van der Waals surface area contributed by atoms with E-state index >= 15 is 0 Å². The summed E-state index contributed by atoms with van der Waals surface area (Å²) < 4.78 is 0. The predicted octanol–water partition coefficient (Wildman–Crippen LogP) is 4.25. The van der Waals surface area contributed by atoms with Crippen LogP contribution in [0.1, 0.15) is 50.3 Å². The van der Waals surface area contributed by atoms with Gasteiger partial charge >= 0.3 is 0 Å². The number of aliphatic imine (C=N–C) groups is 1. The summed E-state index contributed by atoms with van der Waals surface area (Å²) in [4.78, 5) is 9.86. The monoisotopic (exact) mass is 435 g/mol. The van der Waals surface area contributed by atoms with Gasteiger partial charge in [0.25, 0.3) is 0 Å². The minimum Gasteiger partial charge on any atom is -0.357 e. The van der Waals surface area contributed by atoms with E-state index in [0.29, 0.717) is 18.6 Å². The van der Waals surface area contributed by atoms with Crippen molar-refractivity contribution in [3.8, 4) is 0 Å². The van der Waals surface area contributed by atoms with Gasteiger partial charge in [-0.3, -0.25) is 9.80 Å². The zero-order chi connectivity index (χ0) is 22.8. The molecule has 0 aromatic heterocycles. The maximum Gasteiger partial charge on any atom is 0.191 e. The lowest BCUT2D eigenvalue weighted by Crippen LogP contribution is -2.48. The number of nitrogens with zero attached hydrogens (tertiary/aromatic N) is 3. The number of piperidine rings is 1. The van der Waals surface area contributed by atoms with Crippen molar-refractivity contribution >= 4 is 5.96 Å². The Kier molecular flexibility index (Phi) is 9.57. The Hall–Kier alpha value is -2.37. The van der Waals surface area contributed by atoms with Gasteiger partial charge in [-0.15, -0.1) is 0 Å². The van der Waals surface area contributed by atoms with Crippen molar-refractivity contribution in [2.24, 2.45) is 4.99 Å². The zero-order valence-corrected chi connectivity index (χ0v) is 20.3. The Balaban J connectivity index is 1.55. The lowest BCUT2D eigenvalue weighted by atomic mass is 10.0. The van der Waals surface area contributed by atoms with E-state index in [4.69, 9.17) is 4.99 Å². The molecule has 5 nitrogen and oxygen atoms in total. The minimum absolute atomic E-state index is 0.474. The van der Waals surface area contributed by atoms with Gasteiger partial charge in [0.1, 0.15) is 0 Å². The van der Waals surface area contributed by atoms with Gasteiger partial charge in [0, 0.05) is 44.8 Å². The van der Waals surface area contributed by atoms with Crippen LogP contribution in [0.3, 0.4) is 0 Å². The lowest BCUT2D eigenvalue weighted by molar-refractivity contribution is 0.198. The van der Waals surface area contributed by atoms with Gasteiger partial charge in [0.05, 0.1) is 6.54 Å². The number of rotatable bonds is 9. The van der Waals surface area contributed by atoms with Gasteiger partial charge in [0.2, 0.25) is 0 Å². The summed E-state index contributed by atoms with van der Waals surface area (Å²) in [5.41, 5.74) is 4.06. The van der Waals surface area contributed by atoms with Crippen molar-refractivity contribution in [3.63, 3.8) is 0 Å². The van der Waals surface area contributed by atoms with Crippen molar-refractivity contribution < 1.29 is 0 Å². The minimum atomic E-state index is 0.474. The summed E-state index contributed by atoms with van der Waals surface area (Å²) in [5.74, 6) is 0.932. The number of hydrogen-bond acceptors (Lipinski definition) is 3. The molecule has 0 aliphatic carbocycles. The molecular weight excluding hydrogens is 394 g/mol. The molecule has 0 spiro atoms. The average molecular weight is 436 g/mol. The van der Waals surface area contributed by atoms with Crippen molar-refractivity contribution in [3.05, 3.63) is 71.3 Å². The Morgan fingerprint density at radius 2 is 1.69 bits per heavy atom. The Bertz CT molecular complexity index is 825. The molecule has 0 bridgehead atoms. The summed E-state index contributed by atoms with van der Waals surface area (Å²) in [5, 5.41) is 7.14. The predicted molar refractivity (Wildman–Crippen MR) is 136 cm³/mol. The van der Waals surface area contributed by atoms with Crippen LogP contribution in [0, 0.1) is 0 Å². The number of likely N-dealkylation sites (tertiary alicyclic amines) is 1. The third kappa shape index (κ3) is 7.64. The summed E-state index contributed by atoms with van der Waals surface area (Å²) in [6, 6.07) is 20.5. The highest BCUT2D eigenvalue weighted by atomic mass is 15.2. The van der Waals surface area contributed by atoms with Crippen molar-refractivity contribution in [2.45, 2.75) is 65.3 Å². The van der Waals surface area contributed by atoms with Crippen LogP contribution < -0.4 is 10.6 Å². The van der Waals surface area contributed by atoms with Crippen LogP contribution in [0.2, 0.25) is 0 Å². The molecule has 0 amide bonds. The average Bonchev–Trinajstić information content (AvgIpc) is 2.80. The van der Waals surface area contributed by atoms with E-state index in [1.54, 1.807) is 0 Å². The standard InChI is InChI=1S/C27H41N5/c1-5-28-27(29-19-24-13-9-10-14-25(24)21-31(4)22(2)3)30-26-15-17-32(18-16-26)20-23-11-7-6-8-12-23/h6-14,22,26H,5,15-21H2,1-4H3,(H2,28,29,30). The maximum atomic E-state index is 4.94. The number of guanidine groups is 1. The van der Waals surface area contributed by atoms with Crippen LogP contribution >= 0.6 is 0 Å². The molecule has 1 saturated heterocycles. The molecule has 2 aromatic rings. The summed E-state index contributed by atoms with van der Waals surface area (Å²) in [6.07, 6.45) is 2.29. The molecule has 3 rings (SSSR count). The van der Waals surface area contributed by atoms with Gasteiger partial charge in [-0.1, -0.05) is 54.6 Å². The maximum absolute atomic E-state index is 4.94. The Morgan fingerprint density at radius 3 is 2.34 bits per heavy atom. The first kappa shape index (κ1) is 24.3. The van der Waals surface area contributed by atoms with Crippen LogP contribution in [-0.4, -0.2) is 54.5 Å². The van der Waals surface area contributed by atoms with E-state index in [9.17, 15) is 0 Å². The summed E-state index contributed by atoms with van der Waals surface area (Å²) in [6.45, 7) is 12.4. The highest BCUT2D eigenvalue weighted by Gasteiger charge is 2.20. The molecule has 0 atom stereocenters. The van der Waals surface area contributed by atoms with Crippen LogP contribution in [0.15, 0.2) is 59.6 Å². The van der Waals surface area contributed by atoms with Crippen LogP contribution in [0.25, 0.3) is 0 Å². The van der Waals surface area contributed by atoms with E-state index in [1.807, 2.05) is 0 Å². The molecule has 0 radical (unpaired) electrons. The Labute approximate surface area is 194 Å². The molecule has 2 aromatic carbocycles. The normalized spacial score (nSPS) is 16.0.